The largest absolute Gasteiger partial charge is 0.508 e. The van der Waals surface area contributed by atoms with Gasteiger partial charge in [-0.05, 0) is 49.2 Å². The van der Waals surface area contributed by atoms with Crippen molar-refractivity contribution in [3.63, 3.8) is 0 Å². The lowest BCUT2D eigenvalue weighted by Gasteiger charge is -2.36. The van der Waals surface area contributed by atoms with Gasteiger partial charge in [-0.15, -0.1) is 12.4 Å². The molecule has 4 nitrogen and oxygen atoms in total. The molecule has 3 aromatic carbocycles. The number of piperazine rings is 1. The number of phenols is 1. The van der Waals surface area contributed by atoms with E-state index in [-0.39, 0.29) is 12.4 Å². The average molecular weight is 480 g/mol. The van der Waals surface area contributed by atoms with Crippen LogP contribution in [0.4, 0.5) is 11.4 Å². The molecule has 1 N–H and O–H groups in total. The van der Waals surface area contributed by atoms with E-state index in [1.165, 1.54) is 43.5 Å². The van der Waals surface area contributed by atoms with E-state index in [2.05, 4.69) is 81.4 Å². The predicted octanol–water partition coefficient (Wildman–Crippen LogP) is 6.20. The molecule has 0 unspecified atom stereocenters. The normalized spacial score (nSPS) is 13.9. The zero-order valence-corrected chi connectivity index (χ0v) is 20.9. The Morgan fingerprint density at radius 3 is 2.09 bits per heavy atom. The van der Waals surface area contributed by atoms with Gasteiger partial charge in [0.15, 0.2) is 0 Å². The van der Waals surface area contributed by atoms with Crippen LogP contribution in [0, 0.1) is 0 Å². The Balaban J connectivity index is 0.00000324. The van der Waals surface area contributed by atoms with Crippen LogP contribution in [-0.4, -0.2) is 49.3 Å². The Labute approximate surface area is 211 Å². The number of nitrogens with zero attached hydrogens (tertiary/aromatic N) is 3. The maximum absolute atomic E-state index is 9.94. The third-order valence-electron chi connectivity index (χ3n) is 6.56. The molecule has 0 bridgehead atoms. The Morgan fingerprint density at radius 1 is 0.706 bits per heavy atom. The standard InChI is InChI=1S/C29H37N3O.ClH/c33-29-17-11-16-28(24-29)32(25-26-12-5-3-6-13-26)19-10-2-1-9-18-30-20-22-31(23-21-30)27-14-7-4-8-15-27;/h3-8,11-17,24,33H,1-2,9-10,18-23,25H2;1H. The minimum absolute atomic E-state index is 0. The third-order valence-corrected chi connectivity index (χ3v) is 6.56. The van der Waals surface area contributed by atoms with Crippen molar-refractivity contribution in [3.05, 3.63) is 90.5 Å². The summed E-state index contributed by atoms with van der Waals surface area (Å²) >= 11 is 0. The van der Waals surface area contributed by atoms with E-state index in [0.29, 0.717) is 5.75 Å². The van der Waals surface area contributed by atoms with Gasteiger partial charge in [0.25, 0.3) is 0 Å². The molecule has 1 aliphatic rings. The van der Waals surface area contributed by atoms with Crippen molar-refractivity contribution in [1.82, 2.24) is 4.90 Å². The number of para-hydroxylation sites is 1. The van der Waals surface area contributed by atoms with Gasteiger partial charge in [-0.2, -0.15) is 0 Å². The maximum atomic E-state index is 9.94. The number of benzene rings is 3. The molecule has 0 aliphatic carbocycles. The summed E-state index contributed by atoms with van der Waals surface area (Å²) in [6, 6.07) is 29.0. The lowest BCUT2D eigenvalue weighted by Crippen LogP contribution is -2.46. The second kappa shape index (κ2) is 13.9. The minimum Gasteiger partial charge on any atom is -0.508 e. The van der Waals surface area contributed by atoms with Crippen molar-refractivity contribution in [2.24, 2.45) is 0 Å². The molecule has 0 aromatic heterocycles. The molecule has 5 heteroatoms. The van der Waals surface area contributed by atoms with Crippen LogP contribution in [0.15, 0.2) is 84.9 Å². The highest BCUT2D eigenvalue weighted by Crippen LogP contribution is 2.23. The van der Waals surface area contributed by atoms with Crippen molar-refractivity contribution < 1.29 is 5.11 Å². The Morgan fingerprint density at radius 2 is 1.38 bits per heavy atom. The summed E-state index contributed by atoms with van der Waals surface area (Å²) in [5.74, 6) is 0.331. The van der Waals surface area contributed by atoms with Crippen LogP contribution in [0.1, 0.15) is 31.2 Å². The number of phenolic OH excluding ortho intramolecular Hbond substituents is 1. The van der Waals surface area contributed by atoms with Gasteiger partial charge < -0.3 is 14.9 Å². The van der Waals surface area contributed by atoms with Crippen molar-refractivity contribution in [2.45, 2.75) is 32.2 Å². The molecule has 1 saturated heterocycles. The number of unbranched alkanes of at least 4 members (excludes halogenated alkanes) is 3. The highest BCUT2D eigenvalue weighted by Gasteiger charge is 2.16. The summed E-state index contributed by atoms with van der Waals surface area (Å²) in [6.45, 7) is 7.67. The maximum Gasteiger partial charge on any atom is 0.117 e. The molecule has 0 spiro atoms. The molecule has 1 fully saturated rings. The van der Waals surface area contributed by atoms with Gasteiger partial charge in [0, 0.05) is 56.7 Å². The number of hydrogen-bond donors (Lipinski definition) is 1. The van der Waals surface area contributed by atoms with E-state index < -0.39 is 0 Å². The van der Waals surface area contributed by atoms with Gasteiger partial charge in [0.05, 0.1) is 0 Å². The second-order valence-corrected chi connectivity index (χ2v) is 9.01. The average Bonchev–Trinajstić information content (AvgIpc) is 2.87. The molecule has 0 radical (unpaired) electrons. The summed E-state index contributed by atoms with van der Waals surface area (Å²) in [6.07, 6.45) is 4.96. The molecule has 0 saturated carbocycles. The highest BCUT2D eigenvalue weighted by molar-refractivity contribution is 5.85. The van der Waals surface area contributed by atoms with Gasteiger partial charge >= 0.3 is 0 Å². The van der Waals surface area contributed by atoms with Gasteiger partial charge in [0.1, 0.15) is 5.75 Å². The first-order chi connectivity index (χ1) is 16.3. The molecular weight excluding hydrogens is 442 g/mol. The van der Waals surface area contributed by atoms with E-state index in [9.17, 15) is 5.11 Å². The first-order valence-electron chi connectivity index (χ1n) is 12.4. The molecule has 0 amide bonds. The Kier molecular flexibility index (Phi) is 10.6. The monoisotopic (exact) mass is 479 g/mol. The van der Waals surface area contributed by atoms with Gasteiger partial charge in [-0.3, -0.25) is 4.90 Å². The van der Waals surface area contributed by atoms with Crippen molar-refractivity contribution >= 4 is 23.8 Å². The molecule has 1 aliphatic heterocycles. The summed E-state index contributed by atoms with van der Waals surface area (Å²) in [5.41, 5.74) is 3.74. The molecule has 3 aromatic rings. The highest BCUT2D eigenvalue weighted by atomic mass is 35.5. The first kappa shape index (κ1) is 25.9. The predicted molar refractivity (Wildman–Crippen MR) is 146 cm³/mol. The number of halogens is 1. The topological polar surface area (TPSA) is 30.0 Å². The first-order valence-corrected chi connectivity index (χ1v) is 12.4. The van der Waals surface area contributed by atoms with Gasteiger partial charge in [0.2, 0.25) is 0 Å². The van der Waals surface area contributed by atoms with Crippen LogP contribution in [0.5, 0.6) is 5.75 Å². The van der Waals surface area contributed by atoms with Crippen molar-refractivity contribution in [2.75, 3.05) is 49.1 Å². The summed E-state index contributed by atoms with van der Waals surface area (Å²) in [7, 11) is 0. The SMILES string of the molecule is Cl.Oc1cccc(N(CCCCCCN2CCN(c3ccccc3)CC2)Cc2ccccc2)c1. The summed E-state index contributed by atoms with van der Waals surface area (Å²) < 4.78 is 0. The number of hydrogen-bond acceptors (Lipinski definition) is 4. The summed E-state index contributed by atoms with van der Waals surface area (Å²) in [4.78, 5) is 7.50. The number of aromatic hydroxyl groups is 1. The quantitative estimate of drug-likeness (QED) is 0.331. The van der Waals surface area contributed by atoms with Gasteiger partial charge in [-0.1, -0.05) is 67.4 Å². The van der Waals surface area contributed by atoms with Crippen molar-refractivity contribution in [1.29, 1.82) is 0 Å². The molecule has 1 heterocycles. The fourth-order valence-corrected chi connectivity index (χ4v) is 4.65. The van der Waals surface area contributed by atoms with Crippen LogP contribution in [0.25, 0.3) is 0 Å². The smallest absolute Gasteiger partial charge is 0.117 e. The van der Waals surface area contributed by atoms with Crippen molar-refractivity contribution in [3.8, 4) is 5.75 Å². The lowest BCUT2D eigenvalue weighted by atomic mass is 10.1. The zero-order valence-electron chi connectivity index (χ0n) is 20.1. The van der Waals surface area contributed by atoms with Crippen LogP contribution in [-0.2, 0) is 6.54 Å². The fourth-order valence-electron chi connectivity index (χ4n) is 4.65. The van der Waals surface area contributed by atoms with Crippen LogP contribution >= 0.6 is 12.4 Å². The van der Waals surface area contributed by atoms with Crippen LogP contribution in [0.2, 0.25) is 0 Å². The van der Waals surface area contributed by atoms with E-state index in [1.807, 2.05) is 12.1 Å². The number of anilines is 2. The van der Waals surface area contributed by atoms with E-state index in [1.54, 1.807) is 6.07 Å². The molecule has 182 valence electrons. The minimum atomic E-state index is 0. The summed E-state index contributed by atoms with van der Waals surface area (Å²) in [5, 5.41) is 9.94. The van der Waals surface area contributed by atoms with E-state index in [0.717, 1.165) is 45.0 Å². The fraction of sp³-hybridized carbons (Fsp3) is 0.379. The van der Waals surface area contributed by atoms with E-state index in [4.69, 9.17) is 0 Å². The Hall–Kier alpha value is -2.69. The number of rotatable bonds is 11. The van der Waals surface area contributed by atoms with Crippen LogP contribution in [0.3, 0.4) is 0 Å². The van der Waals surface area contributed by atoms with Crippen LogP contribution < -0.4 is 9.80 Å². The Bertz CT molecular complexity index is 946. The molecule has 4 rings (SSSR count). The van der Waals surface area contributed by atoms with Gasteiger partial charge in [-0.25, -0.2) is 0 Å². The van der Waals surface area contributed by atoms with E-state index >= 15 is 0 Å². The molecular formula is C29H38ClN3O. The third kappa shape index (κ3) is 7.96. The zero-order chi connectivity index (χ0) is 22.7. The molecule has 34 heavy (non-hydrogen) atoms. The molecule has 0 atom stereocenters. The second-order valence-electron chi connectivity index (χ2n) is 9.01. The lowest BCUT2D eigenvalue weighted by molar-refractivity contribution is 0.252.